The molecule has 12 rings (SSSR count). The van der Waals surface area contributed by atoms with Crippen LogP contribution in [-0.4, -0.2) is 15.0 Å². The van der Waals surface area contributed by atoms with E-state index in [1.807, 2.05) is 59.5 Å². The van der Waals surface area contributed by atoms with Crippen LogP contribution in [0.25, 0.3) is 87.7 Å². The smallest absolute Gasteiger partial charge is 0.164 e. The molecule has 0 saturated carbocycles. The molecule has 0 spiro atoms. The number of fused-ring (bicyclic) bond motifs is 5. The number of rotatable bonds is 7. The Hall–Kier alpha value is -7.64. The minimum atomic E-state index is 0.654. The molecule has 11 aromatic rings. The van der Waals surface area contributed by atoms with Gasteiger partial charge in [-0.25, -0.2) is 15.0 Å². The van der Waals surface area contributed by atoms with Crippen molar-refractivity contribution in [2.24, 2.45) is 0 Å². The molecule has 63 heavy (non-hydrogen) atoms. The second kappa shape index (κ2) is 15.7. The average Bonchev–Trinajstić information content (AvgIpc) is 3.76. The molecule has 1 aliphatic rings. The largest absolute Gasteiger partial charge is 0.308 e. The van der Waals surface area contributed by atoms with Crippen molar-refractivity contribution in [2.45, 2.75) is 9.79 Å². The van der Waals surface area contributed by atoms with Crippen molar-refractivity contribution < 1.29 is 0 Å². The number of thiophene rings is 1. The summed E-state index contributed by atoms with van der Waals surface area (Å²) in [5.41, 5.74) is 13.5. The summed E-state index contributed by atoms with van der Waals surface area (Å²) in [6.07, 6.45) is 0. The van der Waals surface area contributed by atoms with Crippen LogP contribution in [0.3, 0.4) is 0 Å². The van der Waals surface area contributed by atoms with Gasteiger partial charge in [0.25, 0.3) is 0 Å². The van der Waals surface area contributed by atoms with Gasteiger partial charge in [0.05, 0.1) is 11.4 Å². The highest BCUT2D eigenvalue weighted by atomic mass is 32.2. The summed E-state index contributed by atoms with van der Waals surface area (Å²) in [5, 5.41) is 2.34. The van der Waals surface area contributed by atoms with E-state index in [0.29, 0.717) is 17.5 Å². The van der Waals surface area contributed by atoms with Crippen molar-refractivity contribution >= 4 is 60.3 Å². The summed E-state index contributed by atoms with van der Waals surface area (Å²) in [4.78, 5) is 20.1. The van der Waals surface area contributed by atoms with Crippen molar-refractivity contribution in [3.8, 4) is 67.5 Å². The van der Waals surface area contributed by atoms with Gasteiger partial charge >= 0.3 is 0 Å². The Morgan fingerprint density at radius 2 is 0.841 bits per heavy atom. The number of aromatic nitrogens is 3. The maximum absolute atomic E-state index is 5.14. The first-order chi connectivity index (χ1) is 31.2. The van der Waals surface area contributed by atoms with E-state index in [2.05, 4.69) is 187 Å². The number of hydrogen-bond donors (Lipinski definition) is 0. The van der Waals surface area contributed by atoms with Gasteiger partial charge in [0.15, 0.2) is 17.5 Å². The van der Waals surface area contributed by atoms with Crippen LogP contribution < -0.4 is 4.90 Å². The first kappa shape index (κ1) is 37.1. The van der Waals surface area contributed by atoms with Crippen LogP contribution in [0.2, 0.25) is 0 Å². The van der Waals surface area contributed by atoms with Gasteiger partial charge in [-0.05, 0) is 75.8 Å². The zero-order chi connectivity index (χ0) is 41.7. The maximum atomic E-state index is 5.14. The van der Waals surface area contributed by atoms with Crippen LogP contribution in [0.1, 0.15) is 0 Å². The van der Waals surface area contributed by atoms with Crippen molar-refractivity contribution in [1.82, 2.24) is 15.0 Å². The summed E-state index contributed by atoms with van der Waals surface area (Å²) in [5.74, 6) is 1.97. The predicted octanol–water partition coefficient (Wildman–Crippen LogP) is 16.2. The van der Waals surface area contributed by atoms with Crippen LogP contribution in [0.15, 0.2) is 228 Å². The molecular weight excluding hydrogens is 805 g/mol. The SMILES string of the molecule is c1ccc(-c2cccc(N3c4ccc(-c5ccccc5)cc4Sc4cc(-c5cccc6c5sc5cccc(-c7nc(-c8ccccc8)nc(-c8ccccc8)n7)c56)ccc43)c2)cc1. The number of nitrogens with zero attached hydrogens (tertiary/aromatic N) is 4. The Morgan fingerprint density at radius 1 is 0.349 bits per heavy atom. The Morgan fingerprint density at radius 3 is 1.48 bits per heavy atom. The molecule has 0 atom stereocenters. The van der Waals surface area contributed by atoms with E-state index in [0.717, 1.165) is 33.5 Å². The quantitative estimate of drug-likeness (QED) is 0.160. The lowest BCUT2D eigenvalue weighted by Gasteiger charge is -2.34. The van der Waals surface area contributed by atoms with E-state index < -0.39 is 0 Å². The van der Waals surface area contributed by atoms with Crippen molar-refractivity contribution in [3.05, 3.63) is 218 Å². The molecule has 0 radical (unpaired) electrons. The molecule has 296 valence electrons. The van der Waals surface area contributed by atoms with Gasteiger partial charge in [-0.1, -0.05) is 188 Å². The van der Waals surface area contributed by atoms with Crippen molar-refractivity contribution in [3.63, 3.8) is 0 Å². The fourth-order valence-electron chi connectivity index (χ4n) is 8.71. The van der Waals surface area contributed by atoms with E-state index in [4.69, 9.17) is 15.0 Å². The molecule has 1 aliphatic heterocycles. The Bertz CT molecular complexity index is 3420. The third-order valence-electron chi connectivity index (χ3n) is 11.7. The molecule has 0 unspecified atom stereocenters. The minimum absolute atomic E-state index is 0.654. The van der Waals surface area contributed by atoms with Gasteiger partial charge in [0.2, 0.25) is 0 Å². The molecule has 0 amide bonds. The zero-order valence-electron chi connectivity index (χ0n) is 33.9. The second-order valence-electron chi connectivity index (χ2n) is 15.6. The fraction of sp³-hybridized carbons (Fsp3) is 0. The van der Waals surface area contributed by atoms with Crippen molar-refractivity contribution in [2.75, 3.05) is 4.90 Å². The molecule has 3 heterocycles. The molecule has 0 aliphatic carbocycles. The summed E-state index contributed by atoms with van der Waals surface area (Å²) >= 11 is 3.67. The molecule has 0 bridgehead atoms. The topological polar surface area (TPSA) is 41.9 Å². The van der Waals surface area contributed by atoms with Gasteiger partial charge in [0, 0.05) is 52.3 Å². The Labute approximate surface area is 373 Å². The lowest BCUT2D eigenvalue weighted by atomic mass is 9.99. The number of benzene rings is 9. The monoisotopic (exact) mass is 840 g/mol. The van der Waals surface area contributed by atoms with E-state index >= 15 is 0 Å². The lowest BCUT2D eigenvalue weighted by molar-refractivity contribution is 1.08. The maximum Gasteiger partial charge on any atom is 0.164 e. The summed E-state index contributed by atoms with van der Waals surface area (Å²) < 4.78 is 2.43. The van der Waals surface area contributed by atoms with Crippen LogP contribution >= 0.6 is 23.1 Å². The van der Waals surface area contributed by atoms with Crippen molar-refractivity contribution in [1.29, 1.82) is 0 Å². The van der Waals surface area contributed by atoms with Gasteiger partial charge in [-0.15, -0.1) is 11.3 Å². The highest BCUT2D eigenvalue weighted by molar-refractivity contribution is 7.99. The minimum Gasteiger partial charge on any atom is -0.308 e. The second-order valence-corrected chi connectivity index (χ2v) is 17.7. The molecular formula is C57H36N4S2. The number of hydrogen-bond acceptors (Lipinski definition) is 6. The highest BCUT2D eigenvalue weighted by Crippen LogP contribution is 2.54. The van der Waals surface area contributed by atoms with Crippen LogP contribution in [0, 0.1) is 0 Å². The van der Waals surface area contributed by atoms with Crippen LogP contribution in [0.5, 0.6) is 0 Å². The highest BCUT2D eigenvalue weighted by Gasteiger charge is 2.27. The Kier molecular flexibility index (Phi) is 9.24. The molecule has 4 nitrogen and oxygen atoms in total. The first-order valence-corrected chi connectivity index (χ1v) is 22.6. The van der Waals surface area contributed by atoms with E-state index in [9.17, 15) is 0 Å². The summed E-state index contributed by atoms with van der Waals surface area (Å²) in [7, 11) is 0. The molecule has 6 heteroatoms. The van der Waals surface area contributed by atoms with E-state index in [-0.39, 0.29) is 0 Å². The third kappa shape index (κ3) is 6.77. The standard InChI is InChI=1S/C57H36N4S2/c1-5-16-37(17-6-1)41-24-13-25-44(34-41)61-48-32-30-42(38-18-7-2-8-19-38)35-51(48)62-52-36-43(31-33-49(52)61)45-26-14-27-46-53-47(28-15-29-50(53)63-54(45)46)57-59-55(39-20-9-3-10-21-39)58-56(60-57)40-22-11-4-12-23-40/h1-36H. The summed E-state index contributed by atoms with van der Waals surface area (Å²) in [6.45, 7) is 0. The molecule has 2 aromatic heterocycles. The van der Waals surface area contributed by atoms with Gasteiger partial charge in [-0.3, -0.25) is 0 Å². The van der Waals surface area contributed by atoms with E-state index in [1.165, 1.54) is 63.6 Å². The normalized spacial score (nSPS) is 12.0. The third-order valence-corrected chi connectivity index (χ3v) is 14.0. The lowest BCUT2D eigenvalue weighted by Crippen LogP contribution is -2.15. The fourth-order valence-corrected chi connectivity index (χ4v) is 11.1. The van der Waals surface area contributed by atoms with E-state index in [1.54, 1.807) is 0 Å². The number of anilines is 3. The first-order valence-electron chi connectivity index (χ1n) is 21.0. The molecule has 0 saturated heterocycles. The molecule has 0 N–H and O–H groups in total. The average molecular weight is 841 g/mol. The van der Waals surface area contributed by atoms with Gasteiger partial charge < -0.3 is 4.90 Å². The Balaban J connectivity index is 1.000. The summed E-state index contributed by atoms with van der Waals surface area (Å²) in [6, 6.07) is 77.6. The van der Waals surface area contributed by atoms with Gasteiger partial charge in [-0.2, -0.15) is 0 Å². The van der Waals surface area contributed by atoms with Crippen LogP contribution in [0.4, 0.5) is 17.1 Å². The molecule has 0 fully saturated rings. The van der Waals surface area contributed by atoms with Crippen LogP contribution in [-0.2, 0) is 0 Å². The van der Waals surface area contributed by atoms with Gasteiger partial charge in [0.1, 0.15) is 0 Å². The zero-order valence-corrected chi connectivity index (χ0v) is 35.5. The predicted molar refractivity (Wildman–Crippen MR) is 264 cm³/mol. The molecule has 9 aromatic carbocycles.